The van der Waals surface area contributed by atoms with Crippen LogP contribution in [0, 0.1) is 5.92 Å². The van der Waals surface area contributed by atoms with Crippen LogP contribution < -0.4 is 0 Å². The summed E-state index contributed by atoms with van der Waals surface area (Å²) in [6, 6.07) is 6.86. The summed E-state index contributed by atoms with van der Waals surface area (Å²) in [6.07, 6.45) is -4.81. The molecule has 1 aromatic carbocycles. The molecule has 0 saturated carbocycles. The monoisotopic (exact) mass is 326 g/mol. The molecule has 0 aromatic heterocycles. The molecule has 0 aliphatic rings. The van der Waals surface area contributed by atoms with Crippen molar-refractivity contribution in [1.29, 1.82) is 0 Å². The second-order valence-electron chi connectivity index (χ2n) is 3.54. The average molecular weight is 327 g/mol. The van der Waals surface area contributed by atoms with Gasteiger partial charge in [0.2, 0.25) is 0 Å². The number of halogens is 4. The maximum atomic E-state index is 12.3. The second kappa shape index (κ2) is 6.19. The van der Waals surface area contributed by atoms with Crippen molar-refractivity contribution in [3.05, 3.63) is 34.3 Å². The summed E-state index contributed by atoms with van der Waals surface area (Å²) in [5, 5.41) is 8.45. The first-order valence-corrected chi connectivity index (χ1v) is 5.72. The van der Waals surface area contributed by atoms with Gasteiger partial charge in [-0.1, -0.05) is 34.1 Å². The highest BCUT2D eigenvalue weighted by Crippen LogP contribution is 2.27. The summed E-state index contributed by atoms with van der Waals surface area (Å²) in [5.41, 5.74) is 0.656. The van der Waals surface area contributed by atoms with Gasteiger partial charge in [0.15, 0.2) is 5.92 Å². The second-order valence-corrected chi connectivity index (χ2v) is 4.39. The molecule has 7 heteroatoms. The van der Waals surface area contributed by atoms with E-state index in [1.54, 1.807) is 24.3 Å². The Morgan fingerprint density at radius 2 is 2.00 bits per heavy atom. The Morgan fingerprint density at radius 3 is 2.50 bits per heavy atom. The smallest absolute Gasteiger partial charge is 0.404 e. The number of alkyl halides is 3. The number of benzene rings is 1. The van der Waals surface area contributed by atoms with Crippen LogP contribution in [0.15, 0.2) is 28.7 Å². The van der Waals surface area contributed by atoms with E-state index in [1.165, 1.54) is 0 Å². The Hall–Kier alpha value is -1.08. The predicted molar refractivity (Wildman–Crippen MR) is 61.0 cm³/mol. The van der Waals surface area contributed by atoms with Crippen molar-refractivity contribution >= 4 is 21.9 Å². The normalized spacial score (nSPS) is 13.3. The topological polar surface area (TPSA) is 46.5 Å². The first-order valence-electron chi connectivity index (χ1n) is 4.93. The van der Waals surface area contributed by atoms with Gasteiger partial charge in [-0.25, -0.2) is 0 Å². The van der Waals surface area contributed by atoms with Crippen LogP contribution in [0.2, 0.25) is 0 Å². The van der Waals surface area contributed by atoms with E-state index in [9.17, 15) is 18.0 Å². The Balaban J connectivity index is 2.55. The van der Waals surface area contributed by atoms with Crippen molar-refractivity contribution < 1.29 is 27.8 Å². The molecule has 0 heterocycles. The van der Waals surface area contributed by atoms with Gasteiger partial charge in [-0.05, 0) is 11.6 Å². The van der Waals surface area contributed by atoms with Gasteiger partial charge in [0.05, 0.1) is 13.2 Å². The van der Waals surface area contributed by atoms with Crippen LogP contribution in [0.4, 0.5) is 13.2 Å². The quantitative estimate of drug-likeness (QED) is 0.903. The van der Waals surface area contributed by atoms with Crippen LogP contribution in [0.25, 0.3) is 0 Å². The van der Waals surface area contributed by atoms with E-state index in [2.05, 4.69) is 15.9 Å². The van der Waals surface area contributed by atoms with E-state index in [4.69, 9.17) is 9.84 Å². The Bertz CT molecular complexity index is 420. The van der Waals surface area contributed by atoms with Gasteiger partial charge in [0, 0.05) is 4.47 Å². The Morgan fingerprint density at radius 1 is 1.39 bits per heavy atom. The van der Waals surface area contributed by atoms with Crippen molar-refractivity contribution in [2.45, 2.75) is 12.8 Å². The number of aliphatic carboxylic acids is 1. The van der Waals surface area contributed by atoms with E-state index < -0.39 is 24.7 Å². The van der Waals surface area contributed by atoms with Crippen LogP contribution in [-0.2, 0) is 16.1 Å². The lowest BCUT2D eigenvalue weighted by Gasteiger charge is -2.16. The zero-order valence-corrected chi connectivity index (χ0v) is 10.7. The predicted octanol–water partition coefficient (Wildman–Crippen LogP) is 3.23. The SMILES string of the molecule is O=C(O)C(COCc1ccccc1Br)C(F)(F)F. The van der Waals surface area contributed by atoms with E-state index >= 15 is 0 Å². The molecule has 1 aromatic rings. The molecule has 0 saturated heterocycles. The third kappa shape index (κ3) is 4.30. The molecule has 0 radical (unpaired) electrons. The fraction of sp³-hybridized carbons (Fsp3) is 0.364. The molecule has 18 heavy (non-hydrogen) atoms. The summed E-state index contributed by atoms with van der Waals surface area (Å²) in [7, 11) is 0. The molecule has 0 spiro atoms. The van der Waals surface area contributed by atoms with E-state index in [-0.39, 0.29) is 6.61 Å². The summed E-state index contributed by atoms with van der Waals surface area (Å²) >= 11 is 3.21. The summed E-state index contributed by atoms with van der Waals surface area (Å²) < 4.78 is 42.4. The van der Waals surface area contributed by atoms with Gasteiger partial charge in [-0.2, -0.15) is 13.2 Å². The molecule has 100 valence electrons. The minimum absolute atomic E-state index is 0.0821. The van der Waals surface area contributed by atoms with Crippen LogP contribution in [0.1, 0.15) is 5.56 Å². The molecule has 0 amide bonds. The van der Waals surface area contributed by atoms with Gasteiger partial charge in [0.1, 0.15) is 0 Å². The minimum Gasteiger partial charge on any atom is -0.481 e. The molecule has 3 nitrogen and oxygen atoms in total. The number of carbonyl (C=O) groups is 1. The molecular formula is C11H10BrF3O3. The maximum absolute atomic E-state index is 12.3. The van der Waals surface area contributed by atoms with Crippen molar-refractivity contribution in [3.63, 3.8) is 0 Å². The molecule has 0 aliphatic heterocycles. The lowest BCUT2D eigenvalue weighted by Crippen LogP contribution is -2.34. The molecule has 0 aliphatic carbocycles. The summed E-state index contributed by atoms with van der Waals surface area (Å²) in [5.74, 6) is -4.44. The molecule has 1 rings (SSSR count). The third-order valence-electron chi connectivity index (χ3n) is 2.19. The number of hydrogen-bond acceptors (Lipinski definition) is 2. The number of rotatable bonds is 5. The van der Waals surface area contributed by atoms with Crippen molar-refractivity contribution in [1.82, 2.24) is 0 Å². The van der Waals surface area contributed by atoms with Crippen molar-refractivity contribution in [3.8, 4) is 0 Å². The first-order chi connectivity index (χ1) is 8.32. The largest absolute Gasteiger partial charge is 0.481 e. The highest BCUT2D eigenvalue weighted by molar-refractivity contribution is 9.10. The highest BCUT2D eigenvalue weighted by Gasteiger charge is 2.45. The van der Waals surface area contributed by atoms with Gasteiger partial charge < -0.3 is 9.84 Å². The first kappa shape index (κ1) is 15.0. The van der Waals surface area contributed by atoms with Gasteiger partial charge >= 0.3 is 12.1 Å². The third-order valence-corrected chi connectivity index (χ3v) is 2.97. The van der Waals surface area contributed by atoms with Crippen molar-refractivity contribution in [2.24, 2.45) is 5.92 Å². The minimum atomic E-state index is -4.81. The average Bonchev–Trinajstić information content (AvgIpc) is 2.24. The lowest BCUT2D eigenvalue weighted by molar-refractivity contribution is -0.203. The Kier molecular flexibility index (Phi) is 5.15. The number of ether oxygens (including phenoxy) is 1. The standard InChI is InChI=1S/C11H10BrF3O3/c12-9-4-2-1-3-7(9)5-18-6-8(10(16)17)11(13,14)15/h1-4,8H,5-6H2,(H,16,17). The molecule has 0 fully saturated rings. The fourth-order valence-corrected chi connectivity index (χ4v) is 1.61. The number of hydrogen-bond donors (Lipinski definition) is 1. The van der Waals surface area contributed by atoms with Crippen LogP contribution >= 0.6 is 15.9 Å². The summed E-state index contributed by atoms with van der Waals surface area (Å²) in [6.45, 7) is -0.985. The Labute approximate surface area is 110 Å². The highest BCUT2D eigenvalue weighted by atomic mass is 79.9. The molecule has 1 unspecified atom stereocenters. The zero-order chi connectivity index (χ0) is 13.8. The molecule has 0 bridgehead atoms. The van der Waals surface area contributed by atoms with Crippen LogP contribution in [0.5, 0.6) is 0 Å². The van der Waals surface area contributed by atoms with Gasteiger partial charge in [-0.15, -0.1) is 0 Å². The summed E-state index contributed by atoms with van der Waals surface area (Å²) in [4.78, 5) is 10.4. The van der Waals surface area contributed by atoms with Gasteiger partial charge in [-0.3, -0.25) is 4.79 Å². The van der Waals surface area contributed by atoms with Crippen LogP contribution in [-0.4, -0.2) is 23.9 Å². The molecule has 1 N–H and O–H groups in total. The van der Waals surface area contributed by atoms with Crippen molar-refractivity contribution in [2.75, 3.05) is 6.61 Å². The maximum Gasteiger partial charge on any atom is 0.404 e. The number of carboxylic acid groups (broad SMARTS) is 1. The van der Waals surface area contributed by atoms with E-state index in [0.29, 0.717) is 10.0 Å². The van der Waals surface area contributed by atoms with E-state index in [1.807, 2.05) is 0 Å². The number of carboxylic acids is 1. The lowest BCUT2D eigenvalue weighted by atomic mass is 10.1. The van der Waals surface area contributed by atoms with E-state index in [0.717, 1.165) is 0 Å². The molecule has 1 atom stereocenters. The van der Waals surface area contributed by atoms with Gasteiger partial charge in [0.25, 0.3) is 0 Å². The fourth-order valence-electron chi connectivity index (χ4n) is 1.21. The van der Waals surface area contributed by atoms with Crippen LogP contribution in [0.3, 0.4) is 0 Å². The zero-order valence-electron chi connectivity index (χ0n) is 9.08. The molecular weight excluding hydrogens is 317 g/mol.